The lowest BCUT2D eigenvalue weighted by atomic mass is 10.0. The summed E-state index contributed by atoms with van der Waals surface area (Å²) >= 11 is 0. The molecule has 1 aliphatic heterocycles. The Balaban J connectivity index is 2.61. The Kier molecular flexibility index (Phi) is 2.76. The highest BCUT2D eigenvalue weighted by Gasteiger charge is 2.24. The molecule has 0 spiro atoms. The Bertz CT molecular complexity index is 238. The Morgan fingerprint density at radius 3 is 2.46 bits per heavy atom. The molecule has 0 saturated heterocycles. The molecule has 0 amide bonds. The van der Waals surface area contributed by atoms with Gasteiger partial charge in [0.2, 0.25) is 0 Å². The predicted molar refractivity (Wildman–Crippen MR) is 51.7 cm³/mol. The molecule has 0 aromatic heterocycles. The van der Waals surface area contributed by atoms with Crippen LogP contribution < -0.4 is 0 Å². The SMILES string of the molecule is CC(C)(C)N1CC=C(C(=O)O)CC1. The summed E-state index contributed by atoms with van der Waals surface area (Å²) in [4.78, 5) is 12.9. The van der Waals surface area contributed by atoms with Gasteiger partial charge in [0.05, 0.1) is 0 Å². The summed E-state index contributed by atoms with van der Waals surface area (Å²) in [5.41, 5.74) is 0.695. The molecule has 74 valence electrons. The highest BCUT2D eigenvalue weighted by Crippen LogP contribution is 2.19. The monoisotopic (exact) mass is 183 g/mol. The van der Waals surface area contributed by atoms with E-state index in [-0.39, 0.29) is 5.54 Å². The minimum absolute atomic E-state index is 0.139. The van der Waals surface area contributed by atoms with Crippen molar-refractivity contribution in [3.63, 3.8) is 0 Å². The highest BCUT2D eigenvalue weighted by molar-refractivity contribution is 5.86. The Morgan fingerprint density at radius 2 is 2.15 bits per heavy atom. The van der Waals surface area contributed by atoms with Gasteiger partial charge in [0.15, 0.2) is 0 Å². The van der Waals surface area contributed by atoms with Gasteiger partial charge in [-0.3, -0.25) is 4.90 Å². The number of nitrogens with zero attached hydrogens (tertiary/aromatic N) is 1. The summed E-state index contributed by atoms with van der Waals surface area (Å²) in [5.74, 6) is -0.770. The number of carboxylic acid groups (broad SMARTS) is 1. The summed E-state index contributed by atoms with van der Waals surface area (Å²) in [7, 11) is 0. The van der Waals surface area contributed by atoms with Crippen LogP contribution in [0.1, 0.15) is 27.2 Å². The van der Waals surface area contributed by atoms with Crippen LogP contribution in [0.5, 0.6) is 0 Å². The highest BCUT2D eigenvalue weighted by atomic mass is 16.4. The summed E-state index contributed by atoms with van der Waals surface area (Å²) in [5, 5.41) is 8.74. The second-order valence-corrected chi connectivity index (χ2v) is 4.40. The zero-order chi connectivity index (χ0) is 10.1. The minimum Gasteiger partial charge on any atom is -0.478 e. The van der Waals surface area contributed by atoms with Crippen LogP contribution in [0.3, 0.4) is 0 Å². The van der Waals surface area contributed by atoms with Crippen LogP contribution in [-0.2, 0) is 4.79 Å². The number of hydrogen-bond donors (Lipinski definition) is 1. The summed E-state index contributed by atoms with van der Waals surface area (Å²) in [6.45, 7) is 8.04. The number of rotatable bonds is 1. The molecule has 0 radical (unpaired) electrons. The molecule has 0 saturated carbocycles. The van der Waals surface area contributed by atoms with Gasteiger partial charge >= 0.3 is 5.97 Å². The van der Waals surface area contributed by atoms with Crippen molar-refractivity contribution < 1.29 is 9.90 Å². The number of aliphatic carboxylic acids is 1. The van der Waals surface area contributed by atoms with E-state index in [2.05, 4.69) is 25.7 Å². The molecule has 0 fully saturated rings. The van der Waals surface area contributed by atoms with Crippen LogP contribution in [-0.4, -0.2) is 34.6 Å². The molecular formula is C10H17NO2. The average Bonchev–Trinajstić information content (AvgIpc) is 2.03. The van der Waals surface area contributed by atoms with Crippen LogP contribution in [0, 0.1) is 0 Å². The summed E-state index contributed by atoms with van der Waals surface area (Å²) in [6, 6.07) is 0. The van der Waals surface area contributed by atoms with Gasteiger partial charge in [0, 0.05) is 24.2 Å². The average molecular weight is 183 g/mol. The van der Waals surface area contributed by atoms with Crippen LogP contribution >= 0.6 is 0 Å². The third-order valence-electron chi connectivity index (χ3n) is 2.43. The first-order valence-corrected chi connectivity index (χ1v) is 4.58. The minimum atomic E-state index is -0.770. The van der Waals surface area contributed by atoms with Crippen molar-refractivity contribution in [2.45, 2.75) is 32.7 Å². The summed E-state index contributed by atoms with van der Waals surface area (Å²) < 4.78 is 0. The first kappa shape index (κ1) is 10.3. The fraction of sp³-hybridized carbons (Fsp3) is 0.700. The summed E-state index contributed by atoms with van der Waals surface area (Å²) in [6.07, 6.45) is 2.48. The lowest BCUT2D eigenvalue weighted by molar-refractivity contribution is -0.133. The fourth-order valence-electron chi connectivity index (χ4n) is 1.47. The Hall–Kier alpha value is -0.830. The second-order valence-electron chi connectivity index (χ2n) is 4.40. The van der Waals surface area contributed by atoms with Crippen LogP contribution in [0.2, 0.25) is 0 Å². The maximum atomic E-state index is 10.6. The van der Waals surface area contributed by atoms with Gasteiger partial charge in [-0.15, -0.1) is 0 Å². The fourth-order valence-corrected chi connectivity index (χ4v) is 1.47. The molecule has 3 nitrogen and oxygen atoms in total. The molecule has 1 N–H and O–H groups in total. The van der Waals surface area contributed by atoms with E-state index in [9.17, 15) is 4.79 Å². The molecule has 0 unspecified atom stereocenters. The first-order chi connectivity index (χ1) is 5.91. The van der Waals surface area contributed by atoms with Gasteiger partial charge in [-0.2, -0.15) is 0 Å². The van der Waals surface area contributed by atoms with E-state index in [0.717, 1.165) is 13.1 Å². The van der Waals surface area contributed by atoms with Crippen molar-refractivity contribution in [1.29, 1.82) is 0 Å². The molecule has 1 rings (SSSR count). The maximum absolute atomic E-state index is 10.6. The third kappa shape index (κ3) is 2.56. The van der Waals surface area contributed by atoms with Crippen molar-refractivity contribution in [2.24, 2.45) is 0 Å². The molecule has 1 heterocycles. The zero-order valence-corrected chi connectivity index (χ0v) is 8.50. The molecule has 13 heavy (non-hydrogen) atoms. The molecule has 0 aromatic carbocycles. The quantitative estimate of drug-likeness (QED) is 0.669. The van der Waals surface area contributed by atoms with Crippen molar-refractivity contribution >= 4 is 5.97 Å². The molecule has 0 aliphatic carbocycles. The van der Waals surface area contributed by atoms with Crippen LogP contribution in [0.4, 0.5) is 0 Å². The molecule has 0 bridgehead atoms. The third-order valence-corrected chi connectivity index (χ3v) is 2.43. The van der Waals surface area contributed by atoms with Gasteiger partial charge in [-0.1, -0.05) is 6.08 Å². The van der Waals surface area contributed by atoms with E-state index in [1.54, 1.807) is 0 Å². The van der Waals surface area contributed by atoms with Crippen molar-refractivity contribution in [3.05, 3.63) is 11.6 Å². The molecule has 0 atom stereocenters. The van der Waals surface area contributed by atoms with Gasteiger partial charge < -0.3 is 5.11 Å². The van der Waals surface area contributed by atoms with Gasteiger partial charge in [0.1, 0.15) is 0 Å². The first-order valence-electron chi connectivity index (χ1n) is 4.58. The van der Waals surface area contributed by atoms with Crippen molar-refractivity contribution in [1.82, 2.24) is 4.90 Å². The molecule has 0 aromatic rings. The number of carboxylic acids is 1. The largest absolute Gasteiger partial charge is 0.478 e. The van der Waals surface area contributed by atoms with E-state index in [4.69, 9.17) is 5.11 Å². The lowest BCUT2D eigenvalue weighted by Crippen LogP contribution is -2.44. The zero-order valence-electron chi connectivity index (χ0n) is 8.50. The second kappa shape index (κ2) is 3.50. The predicted octanol–water partition coefficient (Wildman–Crippen LogP) is 1.50. The van der Waals surface area contributed by atoms with Gasteiger partial charge in [0.25, 0.3) is 0 Å². The van der Waals surface area contributed by atoms with Crippen molar-refractivity contribution in [3.8, 4) is 0 Å². The number of hydrogen-bond acceptors (Lipinski definition) is 2. The van der Waals surface area contributed by atoms with Crippen LogP contribution in [0.15, 0.2) is 11.6 Å². The van der Waals surface area contributed by atoms with Crippen molar-refractivity contribution in [2.75, 3.05) is 13.1 Å². The van der Waals surface area contributed by atoms with E-state index < -0.39 is 5.97 Å². The number of carbonyl (C=O) groups is 1. The molecular weight excluding hydrogens is 166 g/mol. The van der Waals surface area contributed by atoms with Crippen LogP contribution in [0.25, 0.3) is 0 Å². The molecule has 1 aliphatic rings. The van der Waals surface area contributed by atoms with E-state index in [1.165, 1.54) is 0 Å². The normalized spacial score (nSPS) is 19.8. The maximum Gasteiger partial charge on any atom is 0.331 e. The Labute approximate surface area is 79.0 Å². The molecule has 3 heteroatoms. The van der Waals surface area contributed by atoms with E-state index >= 15 is 0 Å². The van der Waals surface area contributed by atoms with Gasteiger partial charge in [-0.05, 0) is 27.2 Å². The Morgan fingerprint density at radius 1 is 1.54 bits per heavy atom. The van der Waals surface area contributed by atoms with E-state index in [1.807, 2.05) is 6.08 Å². The standard InChI is InChI=1S/C10H17NO2/c1-10(2,3)11-6-4-8(5-7-11)9(12)13/h4H,5-7H2,1-3H3,(H,12,13). The van der Waals surface area contributed by atoms with E-state index in [0.29, 0.717) is 12.0 Å². The lowest BCUT2D eigenvalue weighted by Gasteiger charge is -2.37. The van der Waals surface area contributed by atoms with Gasteiger partial charge in [-0.25, -0.2) is 4.79 Å². The topological polar surface area (TPSA) is 40.5 Å². The smallest absolute Gasteiger partial charge is 0.331 e.